The summed E-state index contributed by atoms with van der Waals surface area (Å²) in [5.41, 5.74) is 2.25. The summed E-state index contributed by atoms with van der Waals surface area (Å²) in [6, 6.07) is 5.78. The van der Waals surface area contributed by atoms with E-state index in [1.807, 2.05) is 19.1 Å². The first-order valence-corrected chi connectivity index (χ1v) is 10.2. The monoisotopic (exact) mass is 406 g/mol. The van der Waals surface area contributed by atoms with Crippen LogP contribution in [0.25, 0.3) is 0 Å². The summed E-state index contributed by atoms with van der Waals surface area (Å²) < 4.78 is 15.6. The van der Waals surface area contributed by atoms with Gasteiger partial charge in [-0.3, -0.25) is 0 Å². The molecule has 0 bridgehead atoms. The maximum absolute atomic E-state index is 11.6. The molecule has 1 aromatic carbocycles. The lowest BCUT2D eigenvalue weighted by atomic mass is 9.73. The normalized spacial score (nSPS) is 26.3. The van der Waals surface area contributed by atoms with Crippen LogP contribution < -0.4 is 4.74 Å². The Bertz CT molecular complexity index is 732. The summed E-state index contributed by atoms with van der Waals surface area (Å²) in [7, 11) is 1.46. The third-order valence-electron chi connectivity index (χ3n) is 6.20. The van der Waals surface area contributed by atoms with Crippen molar-refractivity contribution in [3.63, 3.8) is 0 Å². The largest absolute Gasteiger partial charge is 0.482 e. The fourth-order valence-corrected chi connectivity index (χ4v) is 4.94. The van der Waals surface area contributed by atoms with E-state index in [2.05, 4.69) is 6.07 Å². The number of hydrogen-bond acceptors (Lipinski definition) is 6. The van der Waals surface area contributed by atoms with Gasteiger partial charge in [0.15, 0.2) is 6.61 Å². The number of ether oxygens (including phenoxy) is 3. The number of rotatable bonds is 9. The smallest absolute Gasteiger partial charge is 0.341 e. The van der Waals surface area contributed by atoms with Crippen molar-refractivity contribution in [1.29, 1.82) is 0 Å². The van der Waals surface area contributed by atoms with Crippen LogP contribution in [0.5, 0.6) is 5.75 Å². The molecule has 5 atom stereocenters. The maximum Gasteiger partial charge on any atom is 0.341 e. The Kier molecular flexibility index (Phi) is 7.14. The van der Waals surface area contributed by atoms with Crippen molar-refractivity contribution in [3.8, 4) is 5.75 Å². The quantitative estimate of drug-likeness (QED) is 0.606. The highest BCUT2D eigenvalue weighted by molar-refractivity contribution is 5.70. The topological polar surface area (TPSA) is 102 Å². The van der Waals surface area contributed by atoms with Gasteiger partial charge in [0.25, 0.3) is 0 Å². The molecule has 1 saturated carbocycles. The molecule has 0 saturated heterocycles. The van der Waals surface area contributed by atoms with Crippen LogP contribution in [0.2, 0.25) is 0 Å². The van der Waals surface area contributed by atoms with Crippen LogP contribution in [0.4, 0.5) is 0 Å². The van der Waals surface area contributed by atoms with Gasteiger partial charge in [0.1, 0.15) is 12.4 Å². The van der Waals surface area contributed by atoms with Crippen LogP contribution in [0.15, 0.2) is 18.2 Å². The van der Waals surface area contributed by atoms with Gasteiger partial charge in [-0.1, -0.05) is 12.1 Å². The molecule has 2 N–H and O–H groups in total. The van der Waals surface area contributed by atoms with Crippen molar-refractivity contribution < 1.29 is 34.0 Å². The van der Waals surface area contributed by atoms with Gasteiger partial charge in [0.2, 0.25) is 0 Å². The number of fused-ring (bicyclic) bond motifs is 2. The zero-order valence-corrected chi connectivity index (χ0v) is 17.0. The lowest BCUT2D eigenvalue weighted by Crippen LogP contribution is -2.28. The molecule has 29 heavy (non-hydrogen) atoms. The lowest BCUT2D eigenvalue weighted by Gasteiger charge is -2.32. The fraction of sp³-hybridized carbons (Fsp3) is 0.636. The Morgan fingerprint density at radius 3 is 2.76 bits per heavy atom. The molecule has 2 aliphatic carbocycles. The number of methoxy groups -OCH3 is 1. The van der Waals surface area contributed by atoms with E-state index in [4.69, 9.17) is 19.3 Å². The number of carboxylic acid groups (broad SMARTS) is 1. The molecule has 0 aromatic heterocycles. The van der Waals surface area contributed by atoms with Gasteiger partial charge in [-0.05, 0) is 74.0 Å². The van der Waals surface area contributed by atoms with Gasteiger partial charge < -0.3 is 24.4 Å². The third kappa shape index (κ3) is 5.28. The molecule has 0 spiro atoms. The van der Waals surface area contributed by atoms with E-state index in [0.29, 0.717) is 24.0 Å². The molecular formula is C22H30O7. The first-order chi connectivity index (χ1) is 13.9. The van der Waals surface area contributed by atoms with E-state index in [9.17, 15) is 14.7 Å². The number of aliphatic hydroxyl groups is 1. The number of aliphatic carboxylic acids is 1. The zero-order valence-electron chi connectivity index (χ0n) is 17.0. The number of aliphatic hydroxyl groups excluding tert-OH is 1. The predicted octanol–water partition coefficient (Wildman–Crippen LogP) is 2.22. The first kappa shape index (κ1) is 21.6. The third-order valence-corrected chi connectivity index (χ3v) is 6.20. The highest BCUT2D eigenvalue weighted by Crippen LogP contribution is 2.48. The highest BCUT2D eigenvalue weighted by atomic mass is 16.6. The second-order valence-corrected chi connectivity index (χ2v) is 8.19. The summed E-state index contributed by atoms with van der Waals surface area (Å²) in [5, 5.41) is 19.6. The van der Waals surface area contributed by atoms with E-state index >= 15 is 0 Å². The molecule has 1 aromatic rings. The van der Waals surface area contributed by atoms with Crippen LogP contribution in [0.1, 0.15) is 37.3 Å². The van der Waals surface area contributed by atoms with Crippen LogP contribution in [0, 0.1) is 17.8 Å². The number of benzene rings is 1. The minimum absolute atomic E-state index is 0.0514. The first-order valence-electron chi connectivity index (χ1n) is 10.2. The van der Waals surface area contributed by atoms with Gasteiger partial charge in [-0.25, -0.2) is 9.59 Å². The Balaban J connectivity index is 1.63. The van der Waals surface area contributed by atoms with Crippen molar-refractivity contribution in [3.05, 3.63) is 29.3 Å². The van der Waals surface area contributed by atoms with E-state index in [0.717, 1.165) is 31.2 Å². The van der Waals surface area contributed by atoms with Crippen LogP contribution in [0.3, 0.4) is 0 Å². The molecule has 1 fully saturated rings. The standard InChI is InChI=1S/C22H30O7/c1-13(29-22(26)12-27-2)6-7-16-17-8-14-4-3-5-20(28-11-21(24)25)18(14)9-15(17)10-19(16)23/h3-5,13,15-17,19,23H,6-12H2,1-2H3,(H,24,25)/t13-,15?,16+,17-,19+/m0/s1. The second-order valence-electron chi connectivity index (χ2n) is 8.19. The van der Waals surface area contributed by atoms with E-state index in [1.165, 1.54) is 12.7 Å². The van der Waals surface area contributed by atoms with Gasteiger partial charge in [-0.15, -0.1) is 0 Å². The van der Waals surface area contributed by atoms with E-state index < -0.39 is 5.97 Å². The highest BCUT2D eigenvalue weighted by Gasteiger charge is 2.44. The van der Waals surface area contributed by atoms with E-state index in [1.54, 1.807) is 0 Å². The minimum atomic E-state index is -0.993. The van der Waals surface area contributed by atoms with Crippen molar-refractivity contribution in [2.24, 2.45) is 17.8 Å². The van der Waals surface area contributed by atoms with Gasteiger partial charge in [0, 0.05) is 7.11 Å². The number of carbonyl (C=O) groups excluding carboxylic acids is 1. The zero-order chi connectivity index (χ0) is 21.0. The molecule has 0 aliphatic heterocycles. The van der Waals surface area contributed by atoms with Crippen LogP contribution in [-0.2, 0) is 31.9 Å². The van der Waals surface area contributed by atoms with Crippen LogP contribution >= 0.6 is 0 Å². The Morgan fingerprint density at radius 1 is 1.24 bits per heavy atom. The summed E-state index contributed by atoms with van der Waals surface area (Å²) in [6.45, 7) is 1.47. The molecule has 1 unspecified atom stereocenters. The lowest BCUT2D eigenvalue weighted by molar-refractivity contribution is -0.153. The number of carboxylic acids is 1. The molecule has 3 rings (SSSR count). The average Bonchev–Trinajstić information content (AvgIpc) is 2.97. The molecular weight excluding hydrogens is 376 g/mol. The van der Waals surface area contributed by atoms with Gasteiger partial charge in [0.05, 0.1) is 12.2 Å². The molecule has 160 valence electrons. The van der Waals surface area contributed by atoms with Gasteiger partial charge >= 0.3 is 11.9 Å². The second kappa shape index (κ2) is 9.59. The summed E-state index contributed by atoms with van der Waals surface area (Å²) in [5.74, 6) is 0.163. The molecule has 7 nitrogen and oxygen atoms in total. The Morgan fingerprint density at radius 2 is 2.03 bits per heavy atom. The van der Waals surface area contributed by atoms with E-state index in [-0.39, 0.29) is 37.3 Å². The maximum atomic E-state index is 11.6. The average molecular weight is 406 g/mol. The molecule has 7 heteroatoms. The Labute approximate surface area is 171 Å². The van der Waals surface area contributed by atoms with Gasteiger partial charge in [-0.2, -0.15) is 0 Å². The number of hydrogen-bond donors (Lipinski definition) is 2. The molecule has 0 amide bonds. The Hall–Kier alpha value is -2.12. The van der Waals surface area contributed by atoms with Crippen LogP contribution in [-0.4, -0.2) is 54.7 Å². The SMILES string of the molecule is COCC(=O)O[C@@H](C)CC[C@H]1[C@H](O)CC2Cc3c(cccc3OCC(=O)O)C[C@@H]21. The number of esters is 1. The predicted molar refractivity (Wildman–Crippen MR) is 105 cm³/mol. The number of carbonyl (C=O) groups is 2. The molecule has 0 heterocycles. The summed E-state index contributed by atoms with van der Waals surface area (Å²) >= 11 is 0. The van der Waals surface area contributed by atoms with Crippen molar-refractivity contribution >= 4 is 11.9 Å². The summed E-state index contributed by atoms with van der Waals surface area (Å²) in [4.78, 5) is 22.4. The summed E-state index contributed by atoms with van der Waals surface area (Å²) in [6.07, 6.45) is 3.30. The molecule has 2 aliphatic rings. The van der Waals surface area contributed by atoms with Crippen molar-refractivity contribution in [2.75, 3.05) is 20.3 Å². The molecule has 0 radical (unpaired) electrons. The van der Waals surface area contributed by atoms with Crippen molar-refractivity contribution in [2.45, 2.75) is 51.2 Å². The van der Waals surface area contributed by atoms with Crippen molar-refractivity contribution in [1.82, 2.24) is 0 Å². The minimum Gasteiger partial charge on any atom is -0.482 e. The fourth-order valence-electron chi connectivity index (χ4n) is 4.94.